The second-order valence-corrected chi connectivity index (χ2v) is 4.76. The predicted molar refractivity (Wildman–Crippen MR) is 77.2 cm³/mol. The van der Waals surface area contributed by atoms with Crippen LogP contribution in [0.1, 0.15) is 37.3 Å². The lowest BCUT2D eigenvalue weighted by atomic mass is 10.1. The van der Waals surface area contributed by atoms with Crippen molar-refractivity contribution in [1.82, 2.24) is 4.98 Å². The molecule has 1 aromatic heterocycles. The zero-order valence-corrected chi connectivity index (χ0v) is 11.6. The first-order valence-corrected chi connectivity index (χ1v) is 6.90. The smallest absolute Gasteiger partial charge is 0.306 e. The second-order valence-electron chi connectivity index (χ2n) is 4.76. The molecule has 0 aliphatic carbocycles. The number of aryl methyl sites for hydroxylation is 1. The van der Waals surface area contributed by atoms with Gasteiger partial charge in [0.05, 0.1) is 18.2 Å². The van der Waals surface area contributed by atoms with Crippen LogP contribution in [0.25, 0.3) is 10.9 Å². The van der Waals surface area contributed by atoms with Crippen molar-refractivity contribution in [3.05, 3.63) is 35.5 Å². The molecule has 0 amide bonds. The molecule has 2 aromatic rings. The number of carbonyl (C=O) groups is 1. The summed E-state index contributed by atoms with van der Waals surface area (Å²) in [5.41, 5.74) is 2.66. The van der Waals surface area contributed by atoms with Crippen molar-refractivity contribution in [2.24, 2.45) is 0 Å². The Kier molecular flexibility index (Phi) is 4.78. The number of unbranched alkanes of at least 4 members (excludes halogenated alkanes) is 1. The van der Waals surface area contributed by atoms with Crippen LogP contribution in [-0.2, 0) is 16.0 Å². The number of hydrogen-bond donors (Lipinski definition) is 1. The third kappa shape index (κ3) is 3.39. The highest BCUT2D eigenvalue weighted by Crippen LogP contribution is 2.21. The molecule has 4 heteroatoms. The average molecular weight is 270 g/mol. The zero-order valence-electron chi connectivity index (χ0n) is 11.6. The highest BCUT2D eigenvalue weighted by molar-refractivity contribution is 5.85. The molecule has 0 radical (unpaired) electrons. The van der Waals surface area contributed by atoms with Crippen LogP contribution in [-0.4, -0.2) is 17.6 Å². The maximum atomic E-state index is 11.6. The van der Waals surface area contributed by atoms with E-state index in [1.54, 1.807) is 6.07 Å². The number of nitriles is 1. The summed E-state index contributed by atoms with van der Waals surface area (Å²) < 4.78 is 5.14. The van der Waals surface area contributed by atoms with Gasteiger partial charge >= 0.3 is 5.97 Å². The minimum absolute atomic E-state index is 0.163. The molecule has 1 aromatic carbocycles. The van der Waals surface area contributed by atoms with Gasteiger partial charge in [0.25, 0.3) is 0 Å². The van der Waals surface area contributed by atoms with Crippen molar-refractivity contribution < 1.29 is 9.53 Å². The number of ether oxygens (including phenoxy) is 1. The van der Waals surface area contributed by atoms with Crippen molar-refractivity contribution in [2.45, 2.75) is 32.6 Å². The quantitative estimate of drug-likeness (QED) is 0.647. The zero-order chi connectivity index (χ0) is 14.4. The average Bonchev–Trinajstić information content (AvgIpc) is 2.87. The Labute approximate surface area is 118 Å². The molecule has 0 fully saturated rings. The van der Waals surface area contributed by atoms with Crippen molar-refractivity contribution in [3.8, 4) is 6.07 Å². The number of benzene rings is 1. The molecule has 1 N–H and O–H groups in total. The van der Waals surface area contributed by atoms with Gasteiger partial charge in [-0.25, -0.2) is 0 Å². The van der Waals surface area contributed by atoms with E-state index < -0.39 is 0 Å². The highest BCUT2D eigenvalue weighted by atomic mass is 16.5. The van der Waals surface area contributed by atoms with E-state index in [1.165, 1.54) is 0 Å². The maximum Gasteiger partial charge on any atom is 0.306 e. The Balaban J connectivity index is 1.99. The van der Waals surface area contributed by atoms with Crippen LogP contribution in [0.4, 0.5) is 0 Å². The molecule has 20 heavy (non-hydrogen) atoms. The maximum absolute atomic E-state index is 11.6. The van der Waals surface area contributed by atoms with Gasteiger partial charge in [0.1, 0.15) is 0 Å². The Morgan fingerprint density at radius 2 is 2.30 bits per heavy atom. The molecule has 0 unspecified atom stereocenters. The Morgan fingerprint density at radius 3 is 3.05 bits per heavy atom. The van der Waals surface area contributed by atoms with Crippen LogP contribution >= 0.6 is 0 Å². The van der Waals surface area contributed by atoms with Gasteiger partial charge in [-0.05, 0) is 36.6 Å². The van der Waals surface area contributed by atoms with E-state index in [0.717, 1.165) is 29.3 Å². The summed E-state index contributed by atoms with van der Waals surface area (Å²) in [6.07, 6.45) is 4.81. The fraction of sp³-hybridized carbons (Fsp3) is 0.375. The van der Waals surface area contributed by atoms with Crippen molar-refractivity contribution in [1.29, 1.82) is 5.26 Å². The Bertz CT molecular complexity index is 637. The van der Waals surface area contributed by atoms with E-state index in [0.29, 0.717) is 25.0 Å². The third-order valence-electron chi connectivity index (χ3n) is 3.26. The number of carbonyl (C=O) groups excluding carboxylic acids is 1. The summed E-state index contributed by atoms with van der Waals surface area (Å²) in [7, 11) is 0. The summed E-state index contributed by atoms with van der Waals surface area (Å²) in [6, 6.07) is 7.65. The molecular weight excluding hydrogens is 252 g/mol. The van der Waals surface area contributed by atoms with Crippen molar-refractivity contribution in [2.75, 3.05) is 6.61 Å². The summed E-state index contributed by atoms with van der Waals surface area (Å²) in [6.45, 7) is 2.56. The molecule has 0 atom stereocenters. The summed E-state index contributed by atoms with van der Waals surface area (Å²) in [4.78, 5) is 14.7. The predicted octanol–water partition coefficient (Wildman–Crippen LogP) is 3.32. The monoisotopic (exact) mass is 270 g/mol. The fourth-order valence-electron chi connectivity index (χ4n) is 2.09. The van der Waals surface area contributed by atoms with Gasteiger partial charge in [-0.2, -0.15) is 5.26 Å². The van der Waals surface area contributed by atoms with Crippen LogP contribution in [0, 0.1) is 11.3 Å². The number of nitrogens with one attached hydrogen (secondary N) is 1. The fourth-order valence-corrected chi connectivity index (χ4v) is 2.09. The van der Waals surface area contributed by atoms with Gasteiger partial charge in [-0.15, -0.1) is 0 Å². The first-order valence-electron chi connectivity index (χ1n) is 6.90. The lowest BCUT2D eigenvalue weighted by Gasteiger charge is -2.03. The van der Waals surface area contributed by atoms with E-state index >= 15 is 0 Å². The molecule has 0 saturated carbocycles. The van der Waals surface area contributed by atoms with Crippen LogP contribution in [0.15, 0.2) is 24.4 Å². The number of rotatable bonds is 6. The van der Waals surface area contributed by atoms with Gasteiger partial charge in [-0.3, -0.25) is 4.79 Å². The molecule has 0 aliphatic heterocycles. The van der Waals surface area contributed by atoms with Gasteiger partial charge < -0.3 is 9.72 Å². The molecule has 4 nitrogen and oxygen atoms in total. The van der Waals surface area contributed by atoms with Gasteiger partial charge in [0.15, 0.2) is 0 Å². The number of aromatic nitrogens is 1. The van der Waals surface area contributed by atoms with Crippen LogP contribution < -0.4 is 0 Å². The second kappa shape index (κ2) is 6.76. The summed E-state index contributed by atoms with van der Waals surface area (Å²) >= 11 is 0. The molecule has 2 rings (SSSR count). The van der Waals surface area contributed by atoms with E-state index in [-0.39, 0.29) is 5.97 Å². The molecule has 0 bridgehead atoms. The first kappa shape index (κ1) is 14.1. The van der Waals surface area contributed by atoms with Crippen molar-refractivity contribution in [3.63, 3.8) is 0 Å². The van der Waals surface area contributed by atoms with E-state index in [1.807, 2.05) is 18.3 Å². The third-order valence-corrected chi connectivity index (χ3v) is 3.26. The number of esters is 1. The molecule has 0 spiro atoms. The number of aromatic amines is 1. The molecule has 1 heterocycles. The number of H-pyrrole nitrogens is 1. The van der Waals surface area contributed by atoms with Gasteiger partial charge in [-0.1, -0.05) is 13.3 Å². The first-order chi connectivity index (χ1) is 9.74. The van der Waals surface area contributed by atoms with Gasteiger partial charge in [0, 0.05) is 23.5 Å². The number of fused-ring (bicyclic) bond motifs is 1. The molecule has 0 aliphatic rings. The molecular formula is C16H18N2O2. The Hall–Kier alpha value is -2.28. The van der Waals surface area contributed by atoms with E-state index in [2.05, 4.69) is 18.0 Å². The van der Waals surface area contributed by atoms with E-state index in [4.69, 9.17) is 10.00 Å². The van der Waals surface area contributed by atoms with Crippen LogP contribution in [0.2, 0.25) is 0 Å². The number of hydrogen-bond acceptors (Lipinski definition) is 3. The minimum Gasteiger partial charge on any atom is -0.466 e. The van der Waals surface area contributed by atoms with Crippen LogP contribution in [0.3, 0.4) is 0 Å². The van der Waals surface area contributed by atoms with Crippen molar-refractivity contribution >= 4 is 16.9 Å². The lowest BCUT2D eigenvalue weighted by Crippen LogP contribution is -2.06. The highest BCUT2D eigenvalue weighted by Gasteiger charge is 2.08. The standard InChI is InChI=1S/C16H18N2O2/c1-2-3-8-20-16(19)7-5-13-11-18-15-6-4-12(10-17)9-14(13)15/h4,6,9,11,18H,2-3,5,7-8H2,1H3. The Morgan fingerprint density at radius 1 is 1.45 bits per heavy atom. The summed E-state index contributed by atoms with van der Waals surface area (Å²) in [5.74, 6) is -0.163. The lowest BCUT2D eigenvalue weighted by molar-refractivity contribution is -0.143. The topological polar surface area (TPSA) is 65.9 Å². The molecule has 104 valence electrons. The summed E-state index contributed by atoms with van der Waals surface area (Å²) in [5, 5.41) is 9.93. The minimum atomic E-state index is -0.163. The number of nitrogens with zero attached hydrogens (tertiary/aromatic N) is 1. The largest absolute Gasteiger partial charge is 0.466 e. The molecule has 0 saturated heterocycles. The van der Waals surface area contributed by atoms with Gasteiger partial charge in [0.2, 0.25) is 0 Å². The SMILES string of the molecule is CCCCOC(=O)CCc1c[nH]c2ccc(C#N)cc12. The van der Waals surface area contributed by atoms with Crippen LogP contribution in [0.5, 0.6) is 0 Å². The normalized spacial score (nSPS) is 10.4. The van der Waals surface area contributed by atoms with E-state index in [9.17, 15) is 4.79 Å².